The van der Waals surface area contributed by atoms with E-state index in [0.29, 0.717) is 29.5 Å². The standard InChI is InChI=1S/C24H24ClN3O2/c1-23(15-30-14-21(26)28-23)24(20-10-6-5-9-19(20)22(27)29)12-17(11-18(25)13-24)16-7-3-2-4-8-16/h2-11,13H,12,14-15H2,1H3,(H2,26,28)(H2,27,29). The van der Waals surface area contributed by atoms with E-state index in [2.05, 4.69) is 0 Å². The molecule has 1 aliphatic carbocycles. The van der Waals surface area contributed by atoms with E-state index in [1.54, 1.807) is 12.1 Å². The number of nitrogens with two attached hydrogens (primary N) is 2. The minimum absolute atomic E-state index is 0.280. The number of amides is 1. The highest BCUT2D eigenvalue weighted by Crippen LogP contribution is 2.51. The second kappa shape index (κ2) is 7.74. The van der Waals surface area contributed by atoms with Gasteiger partial charge >= 0.3 is 0 Å². The maximum Gasteiger partial charge on any atom is 0.249 e. The fourth-order valence-electron chi connectivity index (χ4n) is 4.54. The number of rotatable bonds is 4. The van der Waals surface area contributed by atoms with Gasteiger partial charge in [0.1, 0.15) is 12.4 Å². The van der Waals surface area contributed by atoms with E-state index < -0.39 is 16.9 Å². The number of allylic oxidation sites excluding steroid dienone is 3. The zero-order chi connectivity index (χ0) is 21.4. The van der Waals surface area contributed by atoms with Gasteiger partial charge < -0.3 is 16.2 Å². The van der Waals surface area contributed by atoms with Gasteiger partial charge in [-0.05, 0) is 42.2 Å². The monoisotopic (exact) mass is 421 g/mol. The minimum atomic E-state index is -0.782. The van der Waals surface area contributed by atoms with Crippen molar-refractivity contribution in [1.82, 2.24) is 0 Å². The van der Waals surface area contributed by atoms with E-state index in [1.807, 2.05) is 61.5 Å². The van der Waals surface area contributed by atoms with Crippen LogP contribution in [0, 0.1) is 0 Å². The Balaban J connectivity index is 1.98. The van der Waals surface area contributed by atoms with Gasteiger partial charge in [-0.25, -0.2) is 0 Å². The van der Waals surface area contributed by atoms with Crippen LogP contribution in [0.3, 0.4) is 0 Å². The van der Waals surface area contributed by atoms with Crippen molar-refractivity contribution in [3.05, 3.63) is 88.5 Å². The van der Waals surface area contributed by atoms with Gasteiger partial charge in [-0.15, -0.1) is 0 Å². The van der Waals surface area contributed by atoms with Crippen LogP contribution in [0.5, 0.6) is 0 Å². The molecule has 1 amide bonds. The van der Waals surface area contributed by atoms with Gasteiger partial charge in [-0.3, -0.25) is 9.79 Å². The topological polar surface area (TPSA) is 90.7 Å². The number of halogens is 1. The molecule has 0 bridgehead atoms. The first kappa shape index (κ1) is 20.4. The highest BCUT2D eigenvalue weighted by molar-refractivity contribution is 6.32. The van der Waals surface area contributed by atoms with Crippen LogP contribution in [-0.2, 0) is 10.2 Å². The average Bonchev–Trinajstić information content (AvgIpc) is 2.73. The third kappa shape index (κ3) is 3.44. The number of benzene rings is 2. The van der Waals surface area contributed by atoms with E-state index in [0.717, 1.165) is 16.7 Å². The van der Waals surface area contributed by atoms with Gasteiger partial charge in [0.15, 0.2) is 0 Å². The molecule has 2 atom stereocenters. The number of carbonyl (C=O) groups excluding carboxylic acids is 1. The Bertz CT molecular complexity index is 1080. The fraction of sp³-hybridized carbons (Fsp3) is 0.250. The largest absolute Gasteiger partial charge is 0.386 e. The first-order valence-corrected chi connectivity index (χ1v) is 10.2. The van der Waals surface area contributed by atoms with Crippen molar-refractivity contribution in [3.63, 3.8) is 0 Å². The molecule has 4 rings (SSSR count). The zero-order valence-corrected chi connectivity index (χ0v) is 17.5. The number of hydrogen-bond acceptors (Lipinski definition) is 4. The molecule has 154 valence electrons. The van der Waals surface area contributed by atoms with Crippen molar-refractivity contribution in [2.24, 2.45) is 16.5 Å². The quantitative estimate of drug-likeness (QED) is 0.786. The molecule has 4 N–H and O–H groups in total. The van der Waals surface area contributed by atoms with Gasteiger partial charge in [0.2, 0.25) is 5.91 Å². The molecule has 30 heavy (non-hydrogen) atoms. The minimum Gasteiger partial charge on any atom is -0.386 e. The number of ether oxygens (including phenoxy) is 1. The molecular formula is C24H24ClN3O2. The third-order valence-electron chi connectivity index (χ3n) is 5.97. The summed E-state index contributed by atoms with van der Waals surface area (Å²) in [6.07, 6.45) is 4.49. The molecule has 2 aromatic rings. The molecule has 2 unspecified atom stereocenters. The van der Waals surface area contributed by atoms with Crippen LogP contribution in [0.1, 0.15) is 34.8 Å². The fourth-order valence-corrected chi connectivity index (χ4v) is 4.86. The maximum atomic E-state index is 12.4. The summed E-state index contributed by atoms with van der Waals surface area (Å²) in [6, 6.07) is 17.4. The third-order valence-corrected chi connectivity index (χ3v) is 6.19. The number of primary amides is 1. The van der Waals surface area contributed by atoms with E-state index in [1.165, 1.54) is 0 Å². The van der Waals surface area contributed by atoms with Crippen LogP contribution >= 0.6 is 11.6 Å². The Morgan fingerprint density at radius 3 is 2.53 bits per heavy atom. The molecule has 0 saturated carbocycles. The lowest BCUT2D eigenvalue weighted by Gasteiger charge is -2.48. The molecule has 6 heteroatoms. The van der Waals surface area contributed by atoms with Gasteiger partial charge in [-0.1, -0.05) is 66.2 Å². The van der Waals surface area contributed by atoms with E-state index >= 15 is 0 Å². The predicted octanol–water partition coefficient (Wildman–Crippen LogP) is 3.78. The molecule has 0 aromatic heterocycles. The second-order valence-corrected chi connectivity index (χ2v) is 8.43. The van der Waals surface area contributed by atoms with Crippen molar-refractivity contribution >= 4 is 28.9 Å². The number of carbonyl (C=O) groups is 1. The number of aliphatic imine (C=N–C) groups is 1. The van der Waals surface area contributed by atoms with Gasteiger partial charge in [-0.2, -0.15) is 0 Å². The van der Waals surface area contributed by atoms with Crippen molar-refractivity contribution in [2.45, 2.75) is 24.3 Å². The van der Waals surface area contributed by atoms with Crippen molar-refractivity contribution in [1.29, 1.82) is 0 Å². The Labute approximate surface area is 181 Å². The molecular weight excluding hydrogens is 398 g/mol. The number of nitrogens with zero attached hydrogens (tertiary/aromatic N) is 1. The summed E-state index contributed by atoms with van der Waals surface area (Å²) in [5.41, 5.74) is 13.6. The normalized spacial score (nSPS) is 26.4. The first-order chi connectivity index (χ1) is 14.3. The van der Waals surface area contributed by atoms with Crippen molar-refractivity contribution in [3.8, 4) is 0 Å². The molecule has 5 nitrogen and oxygen atoms in total. The van der Waals surface area contributed by atoms with Gasteiger partial charge in [0.05, 0.1) is 12.1 Å². The molecule has 2 aliphatic rings. The summed E-state index contributed by atoms with van der Waals surface area (Å²) in [4.78, 5) is 17.2. The zero-order valence-electron chi connectivity index (χ0n) is 16.8. The molecule has 1 aliphatic heterocycles. The molecule has 2 aromatic carbocycles. The van der Waals surface area contributed by atoms with Crippen molar-refractivity contribution in [2.75, 3.05) is 13.2 Å². The smallest absolute Gasteiger partial charge is 0.249 e. The summed E-state index contributed by atoms with van der Waals surface area (Å²) >= 11 is 6.69. The first-order valence-electron chi connectivity index (χ1n) is 9.80. The Kier molecular flexibility index (Phi) is 5.26. The van der Waals surface area contributed by atoms with Crippen molar-refractivity contribution < 1.29 is 9.53 Å². The molecule has 0 fully saturated rings. The van der Waals surface area contributed by atoms with Gasteiger partial charge in [0.25, 0.3) is 0 Å². The van der Waals surface area contributed by atoms with Crippen LogP contribution < -0.4 is 11.5 Å². The average molecular weight is 422 g/mol. The summed E-state index contributed by atoms with van der Waals surface area (Å²) in [5.74, 6) is -0.0809. The van der Waals surface area contributed by atoms with E-state index in [-0.39, 0.29) is 6.61 Å². The highest BCUT2D eigenvalue weighted by Gasteiger charge is 2.52. The van der Waals surface area contributed by atoms with E-state index in [4.69, 9.17) is 32.8 Å². The number of amidine groups is 1. The Morgan fingerprint density at radius 2 is 1.83 bits per heavy atom. The second-order valence-electron chi connectivity index (χ2n) is 7.99. The molecule has 0 spiro atoms. The summed E-state index contributed by atoms with van der Waals surface area (Å²) in [7, 11) is 0. The lowest BCUT2D eigenvalue weighted by atomic mass is 9.60. The highest BCUT2D eigenvalue weighted by atomic mass is 35.5. The van der Waals surface area contributed by atoms with E-state index in [9.17, 15) is 4.79 Å². The summed E-state index contributed by atoms with van der Waals surface area (Å²) < 4.78 is 5.81. The van der Waals surface area contributed by atoms with Crippen LogP contribution in [0.2, 0.25) is 0 Å². The van der Waals surface area contributed by atoms with Crippen LogP contribution in [0.4, 0.5) is 0 Å². The molecule has 1 heterocycles. The maximum absolute atomic E-state index is 12.4. The van der Waals surface area contributed by atoms with Crippen LogP contribution in [-0.4, -0.2) is 30.5 Å². The molecule has 0 saturated heterocycles. The predicted molar refractivity (Wildman–Crippen MR) is 120 cm³/mol. The Morgan fingerprint density at radius 1 is 1.13 bits per heavy atom. The van der Waals surface area contributed by atoms with Crippen LogP contribution in [0.15, 0.2) is 76.8 Å². The van der Waals surface area contributed by atoms with Crippen LogP contribution in [0.25, 0.3) is 5.57 Å². The molecule has 0 radical (unpaired) electrons. The number of hydrogen-bond donors (Lipinski definition) is 2. The van der Waals surface area contributed by atoms with Gasteiger partial charge in [0, 0.05) is 16.0 Å². The SMILES string of the molecule is CC1(C2(c3ccccc3C(N)=O)C=C(Cl)C=C(c3ccccc3)C2)COCC(N)=N1. The lowest BCUT2D eigenvalue weighted by Crippen LogP contribution is -2.55. The lowest BCUT2D eigenvalue weighted by molar-refractivity contribution is 0.0744. The summed E-state index contributed by atoms with van der Waals surface area (Å²) in [5, 5.41) is 0.569. The summed E-state index contributed by atoms with van der Waals surface area (Å²) in [6.45, 7) is 2.61. The Hall–Kier alpha value is -2.89.